The van der Waals surface area contributed by atoms with E-state index in [4.69, 9.17) is 21.2 Å². The molecule has 9 nitrogen and oxygen atoms in total. The molecule has 0 spiro atoms. The van der Waals surface area contributed by atoms with Gasteiger partial charge in [0.25, 0.3) is 5.91 Å². The van der Waals surface area contributed by atoms with E-state index in [0.29, 0.717) is 27.5 Å². The van der Waals surface area contributed by atoms with Crippen LogP contribution in [-0.2, 0) is 17.6 Å². The maximum Gasteiger partial charge on any atom is 0.263 e. The van der Waals surface area contributed by atoms with Crippen LogP contribution in [0.2, 0.25) is 0 Å². The van der Waals surface area contributed by atoms with Crippen molar-refractivity contribution in [1.29, 1.82) is 0 Å². The van der Waals surface area contributed by atoms with Crippen LogP contribution in [0.25, 0.3) is 10.3 Å². The molecule has 1 saturated heterocycles. The van der Waals surface area contributed by atoms with Crippen molar-refractivity contribution in [2.24, 2.45) is 11.1 Å². The number of nitrogens with one attached hydrogen (secondary N) is 1. The summed E-state index contributed by atoms with van der Waals surface area (Å²) in [6.07, 6.45) is 4.06. The number of carbonyl (C=O) groups is 1. The van der Waals surface area contributed by atoms with Crippen LogP contribution in [0.5, 0.6) is 0 Å². The second kappa shape index (κ2) is 8.75. The van der Waals surface area contributed by atoms with Gasteiger partial charge in [0, 0.05) is 49.6 Å². The van der Waals surface area contributed by atoms with Crippen molar-refractivity contribution >= 4 is 39.1 Å². The number of fused-ring (bicyclic) bond motifs is 2. The molecule has 0 bridgehead atoms. The standard InChI is InChI=1S/C24H31N7O2S/c1-13-9-27-20-19(26)21(34-23(20)28-13)22(32)29-15-5-6-16-14(8-15)4-7-18(30-16)31-10-17(25)24(2,11-31)12-33-3/h4,7,9,15,17H,5-6,8,10-12,25-26H2,1-3H3,(H,29,32). The van der Waals surface area contributed by atoms with Crippen molar-refractivity contribution in [2.45, 2.75) is 45.2 Å². The lowest BCUT2D eigenvalue weighted by molar-refractivity contribution is 0.0938. The monoisotopic (exact) mass is 481 g/mol. The van der Waals surface area contributed by atoms with Crippen molar-refractivity contribution in [3.63, 3.8) is 0 Å². The van der Waals surface area contributed by atoms with Crippen LogP contribution in [0.15, 0.2) is 18.3 Å². The van der Waals surface area contributed by atoms with E-state index in [0.717, 1.165) is 49.6 Å². The lowest BCUT2D eigenvalue weighted by Gasteiger charge is -2.28. The molecule has 1 fully saturated rings. The van der Waals surface area contributed by atoms with Crippen LogP contribution >= 0.6 is 11.3 Å². The topological polar surface area (TPSA) is 132 Å². The van der Waals surface area contributed by atoms with Gasteiger partial charge >= 0.3 is 0 Å². The minimum absolute atomic E-state index is 0.0325. The summed E-state index contributed by atoms with van der Waals surface area (Å²) in [5.41, 5.74) is 16.6. The molecular formula is C24H31N7O2S. The fourth-order valence-corrected chi connectivity index (χ4v) is 6.02. The van der Waals surface area contributed by atoms with Gasteiger partial charge in [-0.15, -0.1) is 11.3 Å². The zero-order valence-corrected chi connectivity index (χ0v) is 20.6. The van der Waals surface area contributed by atoms with Crippen molar-refractivity contribution in [3.8, 4) is 0 Å². The Balaban J connectivity index is 1.27. The maximum atomic E-state index is 13.0. The largest absolute Gasteiger partial charge is 0.396 e. The Labute approximate surface area is 202 Å². The first kappa shape index (κ1) is 22.9. The quantitative estimate of drug-likeness (QED) is 0.504. The Morgan fingerprint density at radius 2 is 2.21 bits per heavy atom. The number of nitrogen functional groups attached to an aromatic ring is 1. The molecule has 180 valence electrons. The summed E-state index contributed by atoms with van der Waals surface area (Å²) < 4.78 is 5.40. The predicted molar refractivity (Wildman–Crippen MR) is 134 cm³/mol. The average molecular weight is 482 g/mol. The third-order valence-corrected chi connectivity index (χ3v) is 8.10. The van der Waals surface area contributed by atoms with E-state index >= 15 is 0 Å². The Bertz CT molecular complexity index is 1250. The Kier molecular flexibility index (Phi) is 5.91. The number of rotatable bonds is 5. The normalized spacial score (nSPS) is 24.4. The molecule has 3 aromatic heterocycles. The number of thiophene rings is 1. The molecule has 34 heavy (non-hydrogen) atoms. The lowest BCUT2D eigenvalue weighted by atomic mass is 9.87. The molecule has 5 rings (SSSR count). The Hall–Kier alpha value is -2.82. The van der Waals surface area contributed by atoms with Crippen LogP contribution in [0.1, 0.15) is 40.0 Å². The zero-order chi connectivity index (χ0) is 24.0. The summed E-state index contributed by atoms with van der Waals surface area (Å²) in [6.45, 7) is 6.27. The number of pyridine rings is 1. The van der Waals surface area contributed by atoms with Gasteiger partial charge in [-0.2, -0.15) is 0 Å². The summed E-state index contributed by atoms with van der Waals surface area (Å²) >= 11 is 1.29. The van der Waals surface area contributed by atoms with Crippen molar-refractivity contribution in [3.05, 3.63) is 40.2 Å². The minimum atomic E-state index is -0.165. The number of aromatic nitrogens is 3. The summed E-state index contributed by atoms with van der Waals surface area (Å²) in [7, 11) is 1.72. The zero-order valence-electron chi connectivity index (χ0n) is 19.8. The minimum Gasteiger partial charge on any atom is -0.396 e. The van der Waals surface area contributed by atoms with Crippen molar-refractivity contribution in [1.82, 2.24) is 20.3 Å². The molecule has 2 aliphatic rings. The van der Waals surface area contributed by atoms with Crippen LogP contribution in [-0.4, -0.2) is 59.7 Å². The van der Waals surface area contributed by atoms with Crippen molar-refractivity contribution < 1.29 is 9.53 Å². The van der Waals surface area contributed by atoms with Gasteiger partial charge in [0.2, 0.25) is 0 Å². The van der Waals surface area contributed by atoms with E-state index < -0.39 is 0 Å². The number of ether oxygens (including phenoxy) is 1. The van der Waals surface area contributed by atoms with E-state index in [2.05, 4.69) is 39.2 Å². The number of hydrogen-bond donors (Lipinski definition) is 3. The molecule has 0 aromatic carbocycles. The first-order valence-corrected chi connectivity index (χ1v) is 12.4. The molecule has 4 heterocycles. The second-order valence-electron chi connectivity index (χ2n) is 9.77. The molecule has 3 aromatic rings. The fraction of sp³-hybridized carbons (Fsp3) is 0.500. The molecule has 3 atom stereocenters. The van der Waals surface area contributed by atoms with Gasteiger partial charge in [0.05, 0.1) is 18.0 Å². The van der Waals surface area contributed by atoms with E-state index in [1.165, 1.54) is 16.9 Å². The van der Waals surface area contributed by atoms with E-state index in [1.54, 1.807) is 13.3 Å². The van der Waals surface area contributed by atoms with Gasteiger partial charge in [-0.3, -0.25) is 4.79 Å². The first-order valence-electron chi connectivity index (χ1n) is 11.6. The molecule has 1 aliphatic carbocycles. The van der Waals surface area contributed by atoms with Gasteiger partial charge in [0.15, 0.2) is 0 Å². The van der Waals surface area contributed by atoms with Crippen LogP contribution in [0.3, 0.4) is 0 Å². The Morgan fingerprint density at radius 3 is 3.00 bits per heavy atom. The molecule has 10 heteroatoms. The smallest absolute Gasteiger partial charge is 0.263 e. The average Bonchev–Trinajstić information content (AvgIpc) is 3.29. The molecule has 0 radical (unpaired) electrons. The predicted octanol–water partition coefficient (Wildman–Crippen LogP) is 2.06. The number of aryl methyl sites for hydroxylation is 2. The third-order valence-electron chi connectivity index (χ3n) is 7.01. The van der Waals surface area contributed by atoms with Crippen LogP contribution < -0.4 is 21.7 Å². The van der Waals surface area contributed by atoms with Gasteiger partial charge < -0.3 is 26.4 Å². The molecular weight excluding hydrogens is 450 g/mol. The second-order valence-corrected chi connectivity index (χ2v) is 10.8. The van der Waals surface area contributed by atoms with Gasteiger partial charge in [-0.1, -0.05) is 13.0 Å². The fourth-order valence-electron chi connectivity index (χ4n) is 5.02. The number of anilines is 2. The van der Waals surface area contributed by atoms with Crippen LogP contribution in [0, 0.1) is 12.3 Å². The molecule has 1 amide bonds. The number of carbonyl (C=O) groups excluding carboxylic acids is 1. The number of methoxy groups -OCH3 is 1. The maximum absolute atomic E-state index is 13.0. The SMILES string of the molecule is COCC1(C)CN(c2ccc3c(n2)CCC(NC(=O)c2sc4nc(C)cnc4c2N)C3)CC1N. The van der Waals surface area contributed by atoms with Gasteiger partial charge in [0.1, 0.15) is 21.0 Å². The molecule has 5 N–H and O–H groups in total. The van der Waals surface area contributed by atoms with Gasteiger partial charge in [-0.25, -0.2) is 15.0 Å². The summed E-state index contributed by atoms with van der Waals surface area (Å²) in [4.78, 5) is 30.2. The lowest BCUT2D eigenvalue weighted by Crippen LogP contribution is -2.41. The highest BCUT2D eigenvalue weighted by Gasteiger charge is 2.41. The molecule has 3 unspecified atom stereocenters. The summed E-state index contributed by atoms with van der Waals surface area (Å²) in [5, 5.41) is 3.16. The Morgan fingerprint density at radius 1 is 1.38 bits per heavy atom. The van der Waals surface area contributed by atoms with Crippen LogP contribution in [0.4, 0.5) is 11.5 Å². The van der Waals surface area contributed by atoms with E-state index in [9.17, 15) is 4.79 Å². The summed E-state index contributed by atoms with van der Waals surface area (Å²) in [5.74, 6) is 0.798. The summed E-state index contributed by atoms with van der Waals surface area (Å²) in [6, 6.07) is 4.28. The molecule has 0 saturated carbocycles. The van der Waals surface area contributed by atoms with Gasteiger partial charge in [-0.05, 0) is 37.8 Å². The number of amides is 1. The van der Waals surface area contributed by atoms with Crippen molar-refractivity contribution in [2.75, 3.05) is 37.4 Å². The molecule has 1 aliphatic heterocycles. The highest BCUT2D eigenvalue weighted by atomic mass is 32.1. The highest BCUT2D eigenvalue weighted by Crippen LogP contribution is 2.34. The number of nitrogens with two attached hydrogens (primary N) is 2. The third kappa shape index (κ3) is 4.10. The van der Waals surface area contributed by atoms with E-state index in [-0.39, 0.29) is 23.4 Å². The highest BCUT2D eigenvalue weighted by molar-refractivity contribution is 7.21. The van der Waals surface area contributed by atoms with E-state index in [1.807, 2.05) is 6.92 Å². The number of hydrogen-bond acceptors (Lipinski definition) is 9. The first-order chi connectivity index (χ1) is 16.3. The number of nitrogens with zero attached hydrogens (tertiary/aromatic N) is 4.